The Kier molecular flexibility index (Phi) is 2.95. The monoisotopic (exact) mass is 353 g/mol. The maximum Gasteiger partial charge on any atom is 0.174 e. The van der Waals surface area contributed by atoms with Crippen molar-refractivity contribution in [2.75, 3.05) is 13.1 Å². The third-order valence-electron chi connectivity index (χ3n) is 8.30. The molecule has 1 saturated heterocycles. The first-order valence-electron chi connectivity index (χ1n) is 10.3. The summed E-state index contributed by atoms with van der Waals surface area (Å²) in [6.45, 7) is 4.14. The largest absolute Gasteiger partial charge is 0.481 e. The number of Topliss-reactive ketones (excluding diaryl/α,β-unsaturated/α-hetero) is 1. The van der Waals surface area contributed by atoms with Crippen molar-refractivity contribution in [1.29, 1.82) is 0 Å². The van der Waals surface area contributed by atoms with Crippen LogP contribution < -0.4 is 4.74 Å². The van der Waals surface area contributed by atoms with Gasteiger partial charge in [-0.1, -0.05) is 18.6 Å². The number of hydrogen-bond acceptors (Lipinski definition) is 4. The second kappa shape index (κ2) is 4.90. The molecule has 4 atom stereocenters. The molecule has 2 aliphatic heterocycles. The zero-order valence-electron chi connectivity index (χ0n) is 15.5. The fourth-order valence-electron chi connectivity index (χ4n) is 6.79. The van der Waals surface area contributed by atoms with E-state index < -0.39 is 17.1 Å². The SMILES string of the molecule is Cc1ccc2c3c1OC1C(=O)CC[C@@]4(O)[C@@H](C2)N(CC2CCC2)CC[C@]314. The van der Waals surface area contributed by atoms with Gasteiger partial charge in [0, 0.05) is 24.6 Å². The number of ether oxygens (including phenoxy) is 1. The lowest BCUT2D eigenvalue weighted by atomic mass is 9.49. The van der Waals surface area contributed by atoms with E-state index >= 15 is 0 Å². The van der Waals surface area contributed by atoms with Crippen LogP contribution in [-0.4, -0.2) is 46.6 Å². The summed E-state index contributed by atoms with van der Waals surface area (Å²) in [4.78, 5) is 15.4. The van der Waals surface area contributed by atoms with Gasteiger partial charge in [-0.15, -0.1) is 0 Å². The van der Waals surface area contributed by atoms with Gasteiger partial charge in [0.1, 0.15) is 5.75 Å². The summed E-state index contributed by atoms with van der Waals surface area (Å²) in [5.74, 6) is 1.87. The predicted molar refractivity (Wildman–Crippen MR) is 97.5 cm³/mol. The van der Waals surface area contributed by atoms with Crippen molar-refractivity contribution in [3.8, 4) is 5.75 Å². The average Bonchev–Trinajstić information content (AvgIpc) is 2.93. The number of rotatable bonds is 2. The van der Waals surface area contributed by atoms with Crippen LogP contribution in [0.15, 0.2) is 12.1 Å². The topological polar surface area (TPSA) is 49.8 Å². The van der Waals surface area contributed by atoms with Crippen molar-refractivity contribution < 1.29 is 14.6 Å². The summed E-state index contributed by atoms with van der Waals surface area (Å²) >= 11 is 0. The van der Waals surface area contributed by atoms with Crippen LogP contribution in [0.25, 0.3) is 0 Å². The van der Waals surface area contributed by atoms with Crippen LogP contribution in [0.5, 0.6) is 5.75 Å². The molecule has 1 aromatic rings. The van der Waals surface area contributed by atoms with Crippen LogP contribution >= 0.6 is 0 Å². The van der Waals surface area contributed by atoms with E-state index in [1.54, 1.807) is 0 Å². The fourth-order valence-corrected chi connectivity index (χ4v) is 6.79. The Morgan fingerprint density at radius 3 is 2.92 bits per heavy atom. The molecule has 3 fully saturated rings. The number of carbonyl (C=O) groups excluding carboxylic acids is 1. The number of nitrogens with zero attached hydrogens (tertiary/aromatic N) is 1. The molecular formula is C22H27NO3. The van der Waals surface area contributed by atoms with Gasteiger partial charge in [0.25, 0.3) is 0 Å². The highest BCUT2D eigenvalue weighted by Gasteiger charge is 2.72. The first-order chi connectivity index (χ1) is 12.5. The number of aliphatic hydroxyl groups is 1. The molecule has 0 aromatic heterocycles. The number of piperidine rings is 1. The Morgan fingerprint density at radius 2 is 2.15 bits per heavy atom. The molecule has 1 aromatic carbocycles. The first-order valence-corrected chi connectivity index (χ1v) is 10.3. The van der Waals surface area contributed by atoms with Gasteiger partial charge in [-0.2, -0.15) is 0 Å². The van der Waals surface area contributed by atoms with Gasteiger partial charge in [-0.3, -0.25) is 9.69 Å². The highest BCUT2D eigenvalue weighted by molar-refractivity contribution is 5.89. The van der Waals surface area contributed by atoms with Gasteiger partial charge in [-0.25, -0.2) is 0 Å². The summed E-state index contributed by atoms with van der Waals surface area (Å²) in [6.07, 6.45) is 6.29. The summed E-state index contributed by atoms with van der Waals surface area (Å²) in [5, 5.41) is 12.1. The summed E-state index contributed by atoms with van der Waals surface area (Å²) in [6, 6.07) is 4.47. The fraction of sp³-hybridized carbons (Fsp3) is 0.682. The highest BCUT2D eigenvalue weighted by Crippen LogP contribution is 2.63. The van der Waals surface area contributed by atoms with Gasteiger partial charge in [0.05, 0.1) is 11.0 Å². The molecule has 6 rings (SSSR count). The lowest BCUT2D eigenvalue weighted by Crippen LogP contribution is -2.76. The average molecular weight is 353 g/mol. The maximum absolute atomic E-state index is 12.8. The second-order valence-electron chi connectivity index (χ2n) is 9.37. The van der Waals surface area contributed by atoms with Gasteiger partial charge in [-0.05, 0) is 62.6 Å². The quantitative estimate of drug-likeness (QED) is 0.888. The molecule has 4 nitrogen and oxygen atoms in total. The molecule has 2 heterocycles. The second-order valence-corrected chi connectivity index (χ2v) is 9.37. The number of carbonyl (C=O) groups is 1. The van der Waals surface area contributed by atoms with E-state index in [1.165, 1.54) is 30.4 Å². The Balaban J connectivity index is 1.53. The summed E-state index contributed by atoms with van der Waals surface area (Å²) < 4.78 is 6.31. The van der Waals surface area contributed by atoms with Crippen LogP contribution in [0.3, 0.4) is 0 Å². The molecule has 5 aliphatic rings. The van der Waals surface area contributed by atoms with E-state index in [9.17, 15) is 9.90 Å². The predicted octanol–water partition coefficient (Wildman–Crippen LogP) is 2.52. The van der Waals surface area contributed by atoms with E-state index in [-0.39, 0.29) is 11.8 Å². The van der Waals surface area contributed by atoms with Gasteiger partial charge >= 0.3 is 0 Å². The van der Waals surface area contributed by atoms with Crippen molar-refractivity contribution in [1.82, 2.24) is 4.90 Å². The first kappa shape index (κ1) is 15.6. The van der Waals surface area contributed by atoms with Crippen molar-refractivity contribution in [2.45, 2.75) is 75.0 Å². The van der Waals surface area contributed by atoms with Gasteiger partial charge in [0.2, 0.25) is 0 Å². The molecular weight excluding hydrogens is 326 g/mol. The molecule has 1 spiro atoms. The lowest BCUT2D eigenvalue weighted by Gasteiger charge is -2.63. The van der Waals surface area contributed by atoms with E-state index in [2.05, 4.69) is 24.0 Å². The molecule has 3 aliphatic carbocycles. The van der Waals surface area contributed by atoms with Gasteiger partial charge in [0.15, 0.2) is 11.9 Å². The number of benzene rings is 1. The number of ketones is 1. The van der Waals surface area contributed by atoms with Crippen LogP contribution in [0, 0.1) is 12.8 Å². The molecule has 26 heavy (non-hydrogen) atoms. The number of hydrogen-bond donors (Lipinski definition) is 1. The smallest absolute Gasteiger partial charge is 0.174 e. The van der Waals surface area contributed by atoms with E-state index in [4.69, 9.17) is 4.74 Å². The van der Waals surface area contributed by atoms with E-state index in [0.29, 0.717) is 12.8 Å². The minimum atomic E-state index is -0.834. The van der Waals surface area contributed by atoms with Crippen LogP contribution in [0.4, 0.5) is 0 Å². The Bertz CT molecular complexity index is 816. The zero-order valence-corrected chi connectivity index (χ0v) is 15.5. The zero-order chi connectivity index (χ0) is 17.7. The standard InChI is InChI=1S/C22H27NO3/c1-13-5-6-15-11-17-22(25)8-7-16(24)20-21(22,18(15)19(13)26-20)9-10-23(17)12-14-3-2-4-14/h5-6,14,17,20,25H,2-4,7-12H2,1H3/t17-,20?,21+,22-/m1/s1. The Hall–Kier alpha value is -1.39. The van der Waals surface area contributed by atoms with Crippen molar-refractivity contribution in [3.63, 3.8) is 0 Å². The van der Waals surface area contributed by atoms with Crippen molar-refractivity contribution >= 4 is 5.78 Å². The molecule has 1 unspecified atom stereocenters. The normalized spacial score (nSPS) is 40.8. The van der Waals surface area contributed by atoms with Crippen molar-refractivity contribution in [2.24, 2.45) is 5.92 Å². The van der Waals surface area contributed by atoms with Crippen molar-refractivity contribution in [3.05, 3.63) is 28.8 Å². The molecule has 0 radical (unpaired) electrons. The van der Waals surface area contributed by atoms with E-state index in [0.717, 1.165) is 43.2 Å². The third kappa shape index (κ3) is 1.62. The summed E-state index contributed by atoms with van der Waals surface area (Å²) in [7, 11) is 0. The lowest BCUT2D eigenvalue weighted by molar-refractivity contribution is -0.190. The molecule has 4 heteroatoms. The number of aryl methyl sites for hydroxylation is 1. The molecule has 2 saturated carbocycles. The van der Waals surface area contributed by atoms with Crippen LogP contribution in [0.1, 0.15) is 55.2 Å². The van der Waals surface area contributed by atoms with Crippen LogP contribution in [-0.2, 0) is 16.6 Å². The number of likely N-dealkylation sites (tertiary alicyclic amines) is 1. The van der Waals surface area contributed by atoms with Crippen LogP contribution in [0.2, 0.25) is 0 Å². The molecule has 2 bridgehead atoms. The highest BCUT2D eigenvalue weighted by atomic mass is 16.5. The third-order valence-corrected chi connectivity index (χ3v) is 8.30. The van der Waals surface area contributed by atoms with Gasteiger partial charge < -0.3 is 9.84 Å². The Morgan fingerprint density at radius 1 is 1.31 bits per heavy atom. The Labute approximate surface area is 154 Å². The summed E-state index contributed by atoms with van der Waals surface area (Å²) in [5.41, 5.74) is 2.23. The molecule has 1 N–H and O–H groups in total. The maximum atomic E-state index is 12.8. The van der Waals surface area contributed by atoms with E-state index in [1.807, 2.05) is 0 Å². The minimum absolute atomic E-state index is 0.122. The molecule has 138 valence electrons. The minimum Gasteiger partial charge on any atom is -0.481 e. The molecule has 0 amide bonds.